The second-order valence-corrected chi connectivity index (χ2v) is 5.94. The molecule has 2 fully saturated rings. The molecule has 1 aliphatic carbocycles. The normalized spacial score (nSPS) is 24.7. The molecule has 0 aromatic heterocycles. The molecule has 1 heterocycles. The number of benzene rings is 1. The van der Waals surface area contributed by atoms with Crippen molar-refractivity contribution in [1.82, 2.24) is 10.2 Å². The van der Waals surface area contributed by atoms with Gasteiger partial charge in [0.15, 0.2) is 0 Å². The van der Waals surface area contributed by atoms with Crippen LogP contribution in [0.5, 0.6) is 0 Å². The van der Waals surface area contributed by atoms with E-state index in [0.29, 0.717) is 25.7 Å². The molecule has 2 unspecified atom stereocenters. The number of amides is 1. The Balaban J connectivity index is 0.00000176. The number of rotatable bonds is 4. The highest BCUT2D eigenvalue weighted by Crippen LogP contribution is 2.25. The van der Waals surface area contributed by atoms with E-state index in [1.54, 1.807) is 12.1 Å². The minimum absolute atomic E-state index is 0. The number of ether oxygens (including phenoxy) is 1. The number of nitrogens with zero attached hydrogens (tertiary/aromatic N) is 1. The average Bonchev–Trinajstić information content (AvgIpc) is 3.29. The van der Waals surface area contributed by atoms with E-state index in [1.165, 1.54) is 25.0 Å². The number of morpholine rings is 1. The van der Waals surface area contributed by atoms with Gasteiger partial charge in [-0.2, -0.15) is 0 Å². The van der Waals surface area contributed by atoms with E-state index < -0.39 is 0 Å². The van der Waals surface area contributed by atoms with E-state index >= 15 is 0 Å². The molecular formula is C16H22ClFN2O2. The van der Waals surface area contributed by atoms with Crippen molar-refractivity contribution in [2.45, 2.75) is 38.0 Å². The highest BCUT2D eigenvalue weighted by atomic mass is 35.5. The summed E-state index contributed by atoms with van der Waals surface area (Å²) in [6, 6.07) is 6.84. The summed E-state index contributed by atoms with van der Waals surface area (Å²) in [5, 5.41) is 3.25. The van der Waals surface area contributed by atoms with Crippen molar-refractivity contribution in [3.63, 3.8) is 0 Å². The molecule has 2 atom stereocenters. The lowest BCUT2D eigenvalue weighted by Crippen LogP contribution is -2.48. The average molecular weight is 329 g/mol. The Morgan fingerprint density at radius 3 is 2.64 bits per heavy atom. The van der Waals surface area contributed by atoms with E-state index in [9.17, 15) is 9.18 Å². The van der Waals surface area contributed by atoms with Gasteiger partial charge in [-0.3, -0.25) is 4.79 Å². The lowest BCUT2D eigenvalue weighted by Gasteiger charge is -2.37. The zero-order chi connectivity index (χ0) is 14.8. The van der Waals surface area contributed by atoms with E-state index in [1.807, 2.05) is 11.8 Å². The molecule has 1 saturated heterocycles. The van der Waals surface area contributed by atoms with Crippen molar-refractivity contribution in [2.24, 2.45) is 0 Å². The largest absolute Gasteiger partial charge is 0.367 e. The molecule has 122 valence electrons. The molecule has 1 aliphatic heterocycles. The summed E-state index contributed by atoms with van der Waals surface area (Å²) in [4.78, 5) is 14.1. The second kappa shape index (κ2) is 7.40. The fourth-order valence-electron chi connectivity index (χ4n) is 2.65. The first-order valence-corrected chi connectivity index (χ1v) is 7.54. The van der Waals surface area contributed by atoms with Crippen molar-refractivity contribution in [2.75, 3.05) is 19.6 Å². The maximum atomic E-state index is 13.0. The summed E-state index contributed by atoms with van der Waals surface area (Å²) < 4.78 is 18.9. The van der Waals surface area contributed by atoms with E-state index in [4.69, 9.17) is 4.74 Å². The third-order valence-corrected chi connectivity index (χ3v) is 3.97. The molecule has 6 heteroatoms. The van der Waals surface area contributed by atoms with Crippen molar-refractivity contribution >= 4 is 18.3 Å². The quantitative estimate of drug-likeness (QED) is 0.922. The van der Waals surface area contributed by atoms with Gasteiger partial charge in [0.2, 0.25) is 5.91 Å². The van der Waals surface area contributed by atoms with E-state index in [0.717, 1.165) is 5.56 Å². The first kappa shape index (κ1) is 17.2. The van der Waals surface area contributed by atoms with Gasteiger partial charge < -0.3 is 15.0 Å². The molecule has 1 saturated carbocycles. The first-order valence-electron chi connectivity index (χ1n) is 7.54. The molecule has 4 nitrogen and oxygen atoms in total. The molecule has 1 aromatic rings. The zero-order valence-electron chi connectivity index (χ0n) is 12.6. The smallest absolute Gasteiger partial charge is 0.236 e. The summed E-state index contributed by atoms with van der Waals surface area (Å²) in [7, 11) is 0. The van der Waals surface area contributed by atoms with Gasteiger partial charge >= 0.3 is 0 Å². The maximum Gasteiger partial charge on any atom is 0.236 e. The molecule has 3 rings (SSSR count). The Morgan fingerprint density at radius 2 is 2.00 bits per heavy atom. The number of carbonyl (C=O) groups is 1. The van der Waals surface area contributed by atoms with Crippen LogP contribution in [0.3, 0.4) is 0 Å². The topological polar surface area (TPSA) is 41.6 Å². The Bertz CT molecular complexity index is 507. The molecular weight excluding hydrogens is 307 g/mol. The standard InChI is InChI=1S/C16H21FN2O2.ClH/c1-11-9-19(16(20)8-18-14-6-7-14)10-15(21-11)12-2-4-13(17)5-3-12;/h2-5,11,14-15,18H,6-10H2,1H3;1H. The molecule has 2 aliphatic rings. The van der Waals surface area contributed by atoms with E-state index in [2.05, 4.69) is 5.32 Å². The van der Waals surface area contributed by atoms with Gasteiger partial charge in [0, 0.05) is 12.6 Å². The summed E-state index contributed by atoms with van der Waals surface area (Å²) in [5.74, 6) is -0.145. The fourth-order valence-corrected chi connectivity index (χ4v) is 2.65. The monoisotopic (exact) mass is 328 g/mol. The predicted molar refractivity (Wildman–Crippen MR) is 84.5 cm³/mol. The van der Waals surface area contributed by atoms with Crippen LogP contribution in [0.1, 0.15) is 31.4 Å². The van der Waals surface area contributed by atoms with Crippen LogP contribution in [0.15, 0.2) is 24.3 Å². The Kier molecular flexibility index (Phi) is 5.78. The minimum Gasteiger partial charge on any atom is -0.367 e. The molecule has 0 spiro atoms. The van der Waals surface area contributed by atoms with Crippen LogP contribution in [0, 0.1) is 5.82 Å². The predicted octanol–water partition coefficient (Wildman–Crippen LogP) is 2.29. The fraction of sp³-hybridized carbons (Fsp3) is 0.562. The van der Waals surface area contributed by atoms with Crippen molar-refractivity contribution in [3.8, 4) is 0 Å². The van der Waals surface area contributed by atoms with Crippen LogP contribution in [0.2, 0.25) is 0 Å². The minimum atomic E-state index is -0.260. The lowest BCUT2D eigenvalue weighted by atomic mass is 10.1. The van der Waals surface area contributed by atoms with Crippen molar-refractivity contribution in [3.05, 3.63) is 35.6 Å². The molecule has 0 bridgehead atoms. The van der Waals surface area contributed by atoms with Crippen molar-refractivity contribution in [1.29, 1.82) is 0 Å². The third kappa shape index (κ3) is 4.41. The number of halogens is 2. The SMILES string of the molecule is CC1CN(C(=O)CNC2CC2)CC(c2ccc(F)cc2)O1.Cl. The molecule has 22 heavy (non-hydrogen) atoms. The number of nitrogens with one attached hydrogen (secondary N) is 1. The van der Waals surface area contributed by atoms with Crippen LogP contribution < -0.4 is 5.32 Å². The summed E-state index contributed by atoms with van der Waals surface area (Å²) in [6.45, 7) is 3.50. The summed E-state index contributed by atoms with van der Waals surface area (Å²) in [6.07, 6.45) is 2.15. The molecule has 1 aromatic carbocycles. The number of hydrogen-bond donors (Lipinski definition) is 1. The van der Waals surface area contributed by atoms with Gasteiger partial charge in [0.25, 0.3) is 0 Å². The van der Waals surface area contributed by atoms with Gasteiger partial charge in [0.05, 0.1) is 19.2 Å². The number of carbonyl (C=O) groups excluding carboxylic acids is 1. The Hall–Kier alpha value is -1.17. The number of hydrogen-bond acceptors (Lipinski definition) is 3. The Morgan fingerprint density at radius 1 is 1.32 bits per heavy atom. The Labute approximate surface area is 136 Å². The molecule has 1 N–H and O–H groups in total. The van der Waals surface area contributed by atoms with Gasteiger partial charge in [-0.1, -0.05) is 12.1 Å². The molecule has 1 amide bonds. The van der Waals surface area contributed by atoms with Crippen LogP contribution >= 0.6 is 12.4 Å². The van der Waals surface area contributed by atoms with Gasteiger partial charge in [-0.05, 0) is 37.5 Å². The summed E-state index contributed by atoms with van der Waals surface area (Å²) >= 11 is 0. The molecule has 0 radical (unpaired) electrons. The van der Waals surface area contributed by atoms with Crippen LogP contribution in [-0.4, -0.2) is 42.6 Å². The van der Waals surface area contributed by atoms with Crippen LogP contribution in [0.25, 0.3) is 0 Å². The van der Waals surface area contributed by atoms with E-state index in [-0.39, 0.29) is 36.3 Å². The van der Waals surface area contributed by atoms with Crippen LogP contribution in [0.4, 0.5) is 4.39 Å². The van der Waals surface area contributed by atoms with Crippen molar-refractivity contribution < 1.29 is 13.9 Å². The zero-order valence-corrected chi connectivity index (χ0v) is 13.4. The third-order valence-electron chi connectivity index (χ3n) is 3.97. The second-order valence-electron chi connectivity index (χ2n) is 5.94. The van der Waals surface area contributed by atoms with Crippen LogP contribution in [-0.2, 0) is 9.53 Å². The first-order chi connectivity index (χ1) is 10.1. The van der Waals surface area contributed by atoms with Gasteiger partial charge in [-0.15, -0.1) is 12.4 Å². The maximum absolute atomic E-state index is 13.0. The highest BCUT2D eigenvalue weighted by molar-refractivity contribution is 5.85. The highest BCUT2D eigenvalue weighted by Gasteiger charge is 2.30. The lowest BCUT2D eigenvalue weighted by molar-refractivity contribution is -0.144. The van der Waals surface area contributed by atoms with Gasteiger partial charge in [-0.25, -0.2) is 4.39 Å². The van der Waals surface area contributed by atoms with Gasteiger partial charge in [0.1, 0.15) is 11.9 Å². The summed E-state index contributed by atoms with van der Waals surface area (Å²) in [5.41, 5.74) is 0.913.